The average molecular weight is 352 g/mol. The van der Waals surface area contributed by atoms with Gasteiger partial charge in [0.2, 0.25) is 0 Å². The summed E-state index contributed by atoms with van der Waals surface area (Å²) in [4.78, 5) is 23.8. The van der Waals surface area contributed by atoms with E-state index in [2.05, 4.69) is 13.5 Å². The van der Waals surface area contributed by atoms with Crippen LogP contribution < -0.4 is 0 Å². The van der Waals surface area contributed by atoms with Gasteiger partial charge in [-0.1, -0.05) is 19.9 Å². The van der Waals surface area contributed by atoms with Crippen LogP contribution in [0, 0.1) is 16.7 Å². The fraction of sp³-hybridized carbons (Fsp3) is 0.789. The Morgan fingerprint density at radius 2 is 1.92 bits per heavy atom. The van der Waals surface area contributed by atoms with Gasteiger partial charge in [0.1, 0.15) is 19.3 Å². The largest absolute Gasteiger partial charge is 0.462 e. The van der Waals surface area contributed by atoms with E-state index in [1.54, 1.807) is 0 Å². The summed E-state index contributed by atoms with van der Waals surface area (Å²) in [7, 11) is 0. The van der Waals surface area contributed by atoms with Crippen molar-refractivity contribution in [3.8, 4) is 0 Å². The van der Waals surface area contributed by atoms with E-state index in [1.165, 1.54) is 0 Å². The fourth-order valence-electron chi connectivity index (χ4n) is 5.82. The number of aliphatic hydroxyl groups excluding tert-OH is 1. The third kappa shape index (κ3) is 3.47. The Kier molecular flexibility index (Phi) is 4.71. The Labute approximate surface area is 148 Å². The van der Waals surface area contributed by atoms with Crippen molar-refractivity contribution in [1.29, 1.82) is 0 Å². The van der Waals surface area contributed by atoms with Gasteiger partial charge in [0.15, 0.2) is 0 Å². The third-order valence-electron chi connectivity index (χ3n) is 6.33. The maximum atomic E-state index is 12.8. The van der Waals surface area contributed by atoms with Gasteiger partial charge in [0, 0.05) is 6.08 Å². The molecule has 140 valence electrons. The summed E-state index contributed by atoms with van der Waals surface area (Å²) in [6, 6.07) is 0. The van der Waals surface area contributed by atoms with Crippen molar-refractivity contribution >= 4 is 11.9 Å². The van der Waals surface area contributed by atoms with Crippen LogP contribution in [0.15, 0.2) is 12.7 Å². The second-order valence-corrected chi connectivity index (χ2v) is 8.45. The van der Waals surface area contributed by atoms with Gasteiger partial charge >= 0.3 is 11.9 Å². The van der Waals surface area contributed by atoms with Crippen LogP contribution in [0.1, 0.15) is 51.9 Å². The quantitative estimate of drug-likeness (QED) is 0.535. The molecule has 0 aromatic rings. The molecular weight excluding hydrogens is 324 g/mol. The molecule has 0 aliphatic heterocycles. The number of esters is 2. The minimum atomic E-state index is -1.06. The summed E-state index contributed by atoms with van der Waals surface area (Å²) in [6.45, 7) is 4.95. The summed E-state index contributed by atoms with van der Waals surface area (Å²) in [5, 5.41) is 20.8. The van der Waals surface area contributed by atoms with Crippen LogP contribution in [0.5, 0.6) is 0 Å². The van der Waals surface area contributed by atoms with E-state index in [9.17, 15) is 19.8 Å². The van der Waals surface area contributed by atoms with Crippen LogP contribution in [0.25, 0.3) is 0 Å². The summed E-state index contributed by atoms with van der Waals surface area (Å²) in [5.74, 6) is -0.590. The Balaban J connectivity index is 1.62. The highest BCUT2D eigenvalue weighted by Gasteiger charge is 2.65. The van der Waals surface area contributed by atoms with E-state index in [1.807, 2.05) is 0 Å². The van der Waals surface area contributed by atoms with E-state index in [0.717, 1.165) is 44.6 Å². The second-order valence-electron chi connectivity index (χ2n) is 8.45. The minimum absolute atomic E-state index is 0.0330. The lowest BCUT2D eigenvalue weighted by Crippen LogP contribution is -2.62. The van der Waals surface area contributed by atoms with Crippen LogP contribution in [0.2, 0.25) is 0 Å². The lowest BCUT2D eigenvalue weighted by molar-refractivity contribution is -0.218. The molecule has 25 heavy (non-hydrogen) atoms. The number of carbonyl (C=O) groups is 2. The average Bonchev–Trinajstić information content (AvgIpc) is 2.55. The standard InChI is InChI=1S/C19H28O6/c1-3-15(21)24-8-14(20)9-25-16(22)18-6-13-5-17(4-2,10-18)11-19(23,7-13)12-18/h3,13-14,20,23H,1,4-12H2,2H3. The molecule has 0 spiro atoms. The van der Waals surface area contributed by atoms with Crippen molar-refractivity contribution in [1.82, 2.24) is 0 Å². The molecule has 6 heteroatoms. The molecule has 0 heterocycles. The Morgan fingerprint density at radius 3 is 2.56 bits per heavy atom. The van der Waals surface area contributed by atoms with Gasteiger partial charge in [-0.15, -0.1) is 0 Å². The summed E-state index contributed by atoms with van der Waals surface area (Å²) in [6.07, 6.45) is 5.53. The number of carbonyl (C=O) groups excluding carboxylic acids is 2. The first kappa shape index (κ1) is 18.4. The van der Waals surface area contributed by atoms with Crippen molar-refractivity contribution in [3.63, 3.8) is 0 Å². The molecule has 0 aromatic carbocycles. The highest BCUT2D eigenvalue weighted by atomic mass is 16.6. The van der Waals surface area contributed by atoms with Gasteiger partial charge in [-0.3, -0.25) is 4.79 Å². The molecule has 4 aliphatic rings. The Morgan fingerprint density at radius 1 is 1.20 bits per heavy atom. The normalized spacial score (nSPS) is 39.7. The van der Waals surface area contributed by atoms with E-state index in [4.69, 9.17) is 9.47 Å². The van der Waals surface area contributed by atoms with Gasteiger partial charge in [-0.25, -0.2) is 4.79 Å². The SMILES string of the molecule is C=CC(=O)OCC(O)COC(=O)C12CC3CC(O)(CC(CC)(C3)C1)C2. The number of rotatable bonds is 7. The second kappa shape index (κ2) is 6.40. The first-order chi connectivity index (χ1) is 11.7. The molecule has 0 aromatic heterocycles. The highest BCUT2D eigenvalue weighted by molar-refractivity contribution is 5.81. The summed E-state index contributed by atoms with van der Waals surface area (Å²) < 4.78 is 10.1. The zero-order chi connectivity index (χ0) is 18.3. The monoisotopic (exact) mass is 352 g/mol. The van der Waals surface area contributed by atoms with Crippen molar-refractivity contribution in [2.45, 2.75) is 63.6 Å². The molecule has 4 aliphatic carbocycles. The number of hydrogen-bond acceptors (Lipinski definition) is 6. The smallest absolute Gasteiger partial charge is 0.330 e. The lowest BCUT2D eigenvalue weighted by atomic mass is 9.42. The van der Waals surface area contributed by atoms with Crippen LogP contribution in [0.4, 0.5) is 0 Å². The van der Waals surface area contributed by atoms with Crippen molar-refractivity contribution in [2.24, 2.45) is 16.7 Å². The Bertz CT molecular complexity index is 574. The molecule has 0 radical (unpaired) electrons. The zero-order valence-corrected chi connectivity index (χ0v) is 14.8. The zero-order valence-electron chi connectivity index (χ0n) is 14.8. The van der Waals surface area contributed by atoms with E-state index < -0.39 is 23.1 Å². The number of aliphatic hydroxyl groups is 2. The van der Waals surface area contributed by atoms with Gasteiger partial charge in [0.25, 0.3) is 0 Å². The molecule has 5 atom stereocenters. The third-order valence-corrected chi connectivity index (χ3v) is 6.33. The number of hydrogen-bond donors (Lipinski definition) is 2. The lowest BCUT2D eigenvalue weighted by Gasteiger charge is -2.63. The van der Waals surface area contributed by atoms with Gasteiger partial charge in [0.05, 0.1) is 11.0 Å². The summed E-state index contributed by atoms with van der Waals surface area (Å²) >= 11 is 0. The maximum absolute atomic E-state index is 12.8. The predicted octanol–water partition coefficient (Wildman–Crippen LogP) is 1.73. The molecule has 4 rings (SSSR count). The molecule has 0 amide bonds. The van der Waals surface area contributed by atoms with Crippen molar-refractivity contribution in [3.05, 3.63) is 12.7 Å². The van der Waals surface area contributed by atoms with Crippen LogP contribution in [0.3, 0.4) is 0 Å². The van der Waals surface area contributed by atoms with Gasteiger partial charge < -0.3 is 19.7 Å². The van der Waals surface area contributed by atoms with E-state index in [-0.39, 0.29) is 24.6 Å². The fourth-order valence-corrected chi connectivity index (χ4v) is 5.82. The van der Waals surface area contributed by atoms with Gasteiger partial charge in [-0.2, -0.15) is 0 Å². The van der Waals surface area contributed by atoms with E-state index >= 15 is 0 Å². The first-order valence-electron chi connectivity index (χ1n) is 9.11. The number of ether oxygens (including phenoxy) is 2. The Hall–Kier alpha value is -1.40. The molecule has 2 N–H and O–H groups in total. The van der Waals surface area contributed by atoms with Crippen molar-refractivity contribution in [2.75, 3.05) is 13.2 Å². The van der Waals surface area contributed by atoms with Crippen molar-refractivity contribution < 1.29 is 29.3 Å². The van der Waals surface area contributed by atoms with E-state index in [0.29, 0.717) is 12.3 Å². The minimum Gasteiger partial charge on any atom is -0.462 e. The van der Waals surface area contributed by atoms with Crippen LogP contribution in [-0.4, -0.2) is 47.1 Å². The predicted molar refractivity (Wildman–Crippen MR) is 89.4 cm³/mol. The topological polar surface area (TPSA) is 93.1 Å². The molecule has 5 unspecified atom stereocenters. The van der Waals surface area contributed by atoms with Gasteiger partial charge in [-0.05, 0) is 49.9 Å². The molecular formula is C19H28O6. The molecule has 0 saturated heterocycles. The highest BCUT2D eigenvalue weighted by Crippen LogP contribution is 2.67. The molecule has 6 nitrogen and oxygen atoms in total. The molecule has 4 bridgehead atoms. The first-order valence-corrected chi connectivity index (χ1v) is 9.11. The maximum Gasteiger partial charge on any atom is 0.330 e. The molecule has 4 fully saturated rings. The van der Waals surface area contributed by atoms with Crippen LogP contribution in [-0.2, 0) is 19.1 Å². The molecule has 4 saturated carbocycles. The summed E-state index contributed by atoms with van der Waals surface area (Å²) in [5.41, 5.74) is -1.36. The van der Waals surface area contributed by atoms with Crippen LogP contribution >= 0.6 is 0 Å².